The Morgan fingerprint density at radius 3 is 2.80 bits per heavy atom. The number of rotatable bonds is 4. The summed E-state index contributed by atoms with van der Waals surface area (Å²) in [7, 11) is 2.07. The number of aryl methyl sites for hydroxylation is 1. The van der Waals surface area contributed by atoms with Crippen LogP contribution in [0.3, 0.4) is 0 Å². The van der Waals surface area contributed by atoms with E-state index in [-0.39, 0.29) is 6.61 Å². The first-order valence-electron chi connectivity index (χ1n) is 6.80. The van der Waals surface area contributed by atoms with Crippen LogP contribution in [0.4, 0.5) is 5.69 Å². The molecule has 0 fully saturated rings. The number of fused-ring (bicyclic) bond motifs is 3. The van der Waals surface area contributed by atoms with Crippen molar-refractivity contribution in [2.75, 3.05) is 18.9 Å². The van der Waals surface area contributed by atoms with Gasteiger partial charge in [0, 0.05) is 42.1 Å². The van der Waals surface area contributed by atoms with Gasteiger partial charge in [0.2, 0.25) is 0 Å². The molecule has 0 unspecified atom stereocenters. The maximum absolute atomic E-state index is 8.88. The Morgan fingerprint density at radius 1 is 1.20 bits per heavy atom. The molecule has 3 rings (SSSR count). The number of aliphatic hydroxyl groups is 1. The minimum absolute atomic E-state index is 0.146. The Morgan fingerprint density at radius 2 is 2.00 bits per heavy atom. The molecule has 0 saturated heterocycles. The maximum atomic E-state index is 8.88. The average Bonchev–Trinajstić information content (AvgIpc) is 2.77. The Bertz CT molecular complexity index is 761. The van der Waals surface area contributed by atoms with Gasteiger partial charge in [-0.05, 0) is 17.7 Å². The van der Waals surface area contributed by atoms with Crippen LogP contribution in [0.15, 0.2) is 36.4 Å². The van der Waals surface area contributed by atoms with Gasteiger partial charge in [0.1, 0.15) is 0 Å². The zero-order chi connectivity index (χ0) is 14.1. The molecule has 4 nitrogen and oxygen atoms in total. The number of nitrogens with one attached hydrogen (secondary N) is 1. The third-order valence-corrected chi connectivity index (χ3v) is 3.77. The van der Waals surface area contributed by atoms with E-state index in [1.165, 1.54) is 16.5 Å². The van der Waals surface area contributed by atoms with Gasteiger partial charge in [-0.3, -0.25) is 0 Å². The molecule has 4 heteroatoms. The van der Waals surface area contributed by atoms with E-state index in [1.54, 1.807) is 0 Å². The second kappa shape index (κ2) is 5.15. The first-order chi connectivity index (χ1) is 9.74. The quantitative estimate of drug-likeness (QED) is 0.501. The molecule has 0 saturated carbocycles. The van der Waals surface area contributed by atoms with E-state index in [1.807, 2.05) is 18.2 Å². The molecule has 0 spiro atoms. The van der Waals surface area contributed by atoms with Crippen LogP contribution < -0.4 is 11.1 Å². The molecule has 0 radical (unpaired) electrons. The Hall–Kier alpha value is -2.04. The van der Waals surface area contributed by atoms with Gasteiger partial charge in [-0.15, -0.1) is 0 Å². The lowest BCUT2D eigenvalue weighted by Gasteiger charge is -2.09. The van der Waals surface area contributed by atoms with Crippen molar-refractivity contribution in [3.63, 3.8) is 0 Å². The predicted octanol–water partition coefficient (Wildman–Crippen LogP) is 2.00. The van der Waals surface area contributed by atoms with E-state index in [2.05, 4.69) is 35.1 Å². The highest BCUT2D eigenvalue weighted by Gasteiger charge is 2.13. The highest BCUT2D eigenvalue weighted by atomic mass is 16.3. The lowest BCUT2D eigenvalue weighted by Crippen LogP contribution is -2.18. The fraction of sp³-hybridized carbons (Fsp3) is 0.250. The Balaban J connectivity index is 2.25. The summed E-state index contributed by atoms with van der Waals surface area (Å²) in [6.45, 7) is 1.46. The molecule has 0 amide bonds. The molecule has 2 aromatic carbocycles. The first kappa shape index (κ1) is 13.0. The third kappa shape index (κ3) is 1.94. The second-order valence-corrected chi connectivity index (χ2v) is 5.01. The van der Waals surface area contributed by atoms with Crippen LogP contribution >= 0.6 is 0 Å². The van der Waals surface area contributed by atoms with Gasteiger partial charge in [-0.2, -0.15) is 0 Å². The molecule has 3 aromatic rings. The number of aliphatic hydroxyl groups excluding tert-OH is 1. The summed E-state index contributed by atoms with van der Waals surface area (Å²) in [5, 5.41) is 14.4. The largest absolute Gasteiger partial charge is 0.398 e. The standard InChI is InChI=1S/C16H19N3O/c1-19-14-5-3-2-4-12(14)15-13(17)7-6-11(16(15)19)10-18-8-9-20/h2-7,18,20H,8-10,17H2,1H3. The van der Waals surface area contributed by atoms with Gasteiger partial charge < -0.3 is 20.7 Å². The van der Waals surface area contributed by atoms with Crippen molar-refractivity contribution in [1.82, 2.24) is 9.88 Å². The van der Waals surface area contributed by atoms with E-state index in [9.17, 15) is 0 Å². The van der Waals surface area contributed by atoms with Crippen LogP contribution in [-0.2, 0) is 13.6 Å². The number of benzene rings is 2. The minimum Gasteiger partial charge on any atom is -0.398 e. The van der Waals surface area contributed by atoms with E-state index in [4.69, 9.17) is 10.8 Å². The number of aromatic nitrogens is 1. The van der Waals surface area contributed by atoms with E-state index in [0.717, 1.165) is 23.1 Å². The zero-order valence-corrected chi connectivity index (χ0v) is 11.6. The predicted molar refractivity (Wildman–Crippen MR) is 83.6 cm³/mol. The van der Waals surface area contributed by atoms with Crippen LogP contribution in [0, 0.1) is 0 Å². The number of nitrogens with zero attached hydrogens (tertiary/aromatic N) is 1. The normalized spacial score (nSPS) is 11.5. The SMILES string of the molecule is Cn1c2ccccc2c2c(N)ccc(CNCCO)c21. The van der Waals surface area contributed by atoms with Crippen molar-refractivity contribution in [3.05, 3.63) is 42.0 Å². The second-order valence-electron chi connectivity index (χ2n) is 5.01. The van der Waals surface area contributed by atoms with Crippen molar-refractivity contribution in [3.8, 4) is 0 Å². The van der Waals surface area contributed by atoms with Crippen LogP contribution in [0.2, 0.25) is 0 Å². The minimum atomic E-state index is 0.146. The van der Waals surface area contributed by atoms with E-state index < -0.39 is 0 Å². The van der Waals surface area contributed by atoms with Gasteiger partial charge in [-0.25, -0.2) is 0 Å². The van der Waals surface area contributed by atoms with Crippen molar-refractivity contribution < 1.29 is 5.11 Å². The van der Waals surface area contributed by atoms with E-state index >= 15 is 0 Å². The smallest absolute Gasteiger partial charge is 0.0556 e. The summed E-state index contributed by atoms with van der Waals surface area (Å²) in [6.07, 6.45) is 0. The van der Waals surface area contributed by atoms with Gasteiger partial charge in [0.15, 0.2) is 0 Å². The number of para-hydroxylation sites is 1. The first-order valence-corrected chi connectivity index (χ1v) is 6.80. The third-order valence-electron chi connectivity index (χ3n) is 3.77. The molecular formula is C16H19N3O. The van der Waals surface area contributed by atoms with Gasteiger partial charge in [0.05, 0.1) is 12.1 Å². The summed E-state index contributed by atoms with van der Waals surface area (Å²) in [6, 6.07) is 12.3. The maximum Gasteiger partial charge on any atom is 0.0556 e. The van der Waals surface area contributed by atoms with Gasteiger partial charge >= 0.3 is 0 Å². The average molecular weight is 269 g/mol. The van der Waals surface area contributed by atoms with Crippen molar-refractivity contribution in [1.29, 1.82) is 0 Å². The van der Waals surface area contributed by atoms with Gasteiger partial charge in [-0.1, -0.05) is 24.3 Å². The molecule has 20 heavy (non-hydrogen) atoms. The lowest BCUT2D eigenvalue weighted by atomic mass is 10.1. The van der Waals surface area contributed by atoms with E-state index in [0.29, 0.717) is 6.54 Å². The van der Waals surface area contributed by atoms with Crippen LogP contribution in [0.25, 0.3) is 21.8 Å². The molecule has 0 aliphatic carbocycles. The number of nitrogen functional groups attached to an aromatic ring is 1. The summed E-state index contributed by atoms with van der Waals surface area (Å²) in [5.41, 5.74) is 10.5. The van der Waals surface area contributed by atoms with Crippen LogP contribution in [0.5, 0.6) is 0 Å². The lowest BCUT2D eigenvalue weighted by molar-refractivity contribution is 0.292. The number of nitrogens with two attached hydrogens (primary N) is 1. The molecule has 1 aromatic heterocycles. The Labute approximate surface area is 117 Å². The number of anilines is 1. The molecule has 104 valence electrons. The van der Waals surface area contributed by atoms with Gasteiger partial charge in [0.25, 0.3) is 0 Å². The molecule has 0 bridgehead atoms. The fourth-order valence-corrected chi connectivity index (χ4v) is 2.86. The molecule has 4 N–H and O–H groups in total. The molecule has 0 aliphatic rings. The van der Waals surface area contributed by atoms with Crippen molar-refractivity contribution in [2.45, 2.75) is 6.54 Å². The Kier molecular flexibility index (Phi) is 3.34. The zero-order valence-electron chi connectivity index (χ0n) is 11.6. The van der Waals surface area contributed by atoms with Crippen molar-refractivity contribution >= 4 is 27.5 Å². The highest BCUT2D eigenvalue weighted by molar-refractivity contribution is 6.14. The van der Waals surface area contributed by atoms with Crippen molar-refractivity contribution in [2.24, 2.45) is 7.05 Å². The monoisotopic (exact) mass is 269 g/mol. The summed E-state index contributed by atoms with van der Waals surface area (Å²) >= 11 is 0. The topological polar surface area (TPSA) is 63.2 Å². The highest BCUT2D eigenvalue weighted by Crippen LogP contribution is 2.34. The van der Waals surface area contributed by atoms with Crippen LogP contribution in [-0.4, -0.2) is 22.8 Å². The number of hydrogen-bond donors (Lipinski definition) is 3. The molecule has 0 atom stereocenters. The fourth-order valence-electron chi connectivity index (χ4n) is 2.86. The summed E-state index contributed by atoms with van der Waals surface area (Å²) in [4.78, 5) is 0. The molecule has 1 heterocycles. The number of hydrogen-bond acceptors (Lipinski definition) is 3. The summed E-state index contributed by atoms with van der Waals surface area (Å²) < 4.78 is 2.19. The molecule has 0 aliphatic heterocycles. The summed E-state index contributed by atoms with van der Waals surface area (Å²) in [5.74, 6) is 0. The molecular weight excluding hydrogens is 250 g/mol. The van der Waals surface area contributed by atoms with Crippen LogP contribution in [0.1, 0.15) is 5.56 Å².